The van der Waals surface area contributed by atoms with E-state index in [4.69, 9.17) is 0 Å². The SMILES string of the molecule is CCC1CCCC(C2(C(=O)O)CCCCCC2)C1. The summed E-state index contributed by atoms with van der Waals surface area (Å²) in [5, 5.41) is 9.82. The predicted octanol–water partition coefficient (Wildman–Crippen LogP) is 4.63. The molecule has 1 N–H and O–H groups in total. The fourth-order valence-corrected chi connectivity index (χ4v) is 4.32. The lowest BCUT2D eigenvalue weighted by molar-refractivity contribution is -0.155. The van der Waals surface area contributed by atoms with Crippen LogP contribution < -0.4 is 0 Å². The maximum atomic E-state index is 11.9. The molecule has 2 fully saturated rings. The number of aliphatic carboxylic acids is 1. The minimum absolute atomic E-state index is 0.371. The van der Waals surface area contributed by atoms with Crippen molar-refractivity contribution in [3.8, 4) is 0 Å². The fraction of sp³-hybridized carbons (Fsp3) is 0.938. The van der Waals surface area contributed by atoms with E-state index < -0.39 is 5.97 Å². The molecule has 0 spiro atoms. The van der Waals surface area contributed by atoms with E-state index in [-0.39, 0.29) is 5.41 Å². The summed E-state index contributed by atoms with van der Waals surface area (Å²) >= 11 is 0. The van der Waals surface area contributed by atoms with Crippen LogP contribution in [0.15, 0.2) is 0 Å². The first-order valence-electron chi connectivity index (χ1n) is 7.92. The third kappa shape index (κ3) is 2.73. The van der Waals surface area contributed by atoms with Crippen molar-refractivity contribution in [3.05, 3.63) is 0 Å². The molecule has 0 aliphatic heterocycles. The van der Waals surface area contributed by atoms with E-state index in [0.717, 1.165) is 38.0 Å². The molecule has 0 radical (unpaired) electrons. The summed E-state index contributed by atoms with van der Waals surface area (Å²) in [6, 6.07) is 0. The molecule has 0 saturated heterocycles. The van der Waals surface area contributed by atoms with Crippen LogP contribution in [0, 0.1) is 17.3 Å². The Labute approximate surface area is 111 Å². The Balaban J connectivity index is 2.15. The highest BCUT2D eigenvalue weighted by Gasteiger charge is 2.46. The van der Waals surface area contributed by atoms with Crippen molar-refractivity contribution in [3.63, 3.8) is 0 Å². The van der Waals surface area contributed by atoms with Crippen LogP contribution in [0.3, 0.4) is 0 Å². The zero-order chi connectivity index (χ0) is 13.0. The van der Waals surface area contributed by atoms with Crippen LogP contribution in [0.1, 0.15) is 77.6 Å². The van der Waals surface area contributed by atoms with Gasteiger partial charge in [-0.3, -0.25) is 4.79 Å². The van der Waals surface area contributed by atoms with Gasteiger partial charge in [-0.2, -0.15) is 0 Å². The monoisotopic (exact) mass is 252 g/mol. The maximum Gasteiger partial charge on any atom is 0.309 e. The van der Waals surface area contributed by atoms with E-state index >= 15 is 0 Å². The maximum absolute atomic E-state index is 11.9. The summed E-state index contributed by atoms with van der Waals surface area (Å²) in [6.45, 7) is 2.26. The van der Waals surface area contributed by atoms with Gasteiger partial charge in [0.1, 0.15) is 0 Å². The van der Waals surface area contributed by atoms with Gasteiger partial charge in [-0.05, 0) is 37.5 Å². The summed E-state index contributed by atoms with van der Waals surface area (Å²) in [7, 11) is 0. The summed E-state index contributed by atoms with van der Waals surface area (Å²) < 4.78 is 0. The molecule has 2 saturated carbocycles. The minimum Gasteiger partial charge on any atom is -0.481 e. The van der Waals surface area contributed by atoms with Gasteiger partial charge in [0.15, 0.2) is 0 Å². The Hall–Kier alpha value is -0.530. The molecule has 104 valence electrons. The van der Waals surface area contributed by atoms with Gasteiger partial charge in [-0.1, -0.05) is 51.9 Å². The Morgan fingerprint density at radius 1 is 1.11 bits per heavy atom. The van der Waals surface area contributed by atoms with Crippen LogP contribution in [0.2, 0.25) is 0 Å². The molecule has 2 nitrogen and oxygen atoms in total. The second-order valence-corrected chi connectivity index (χ2v) is 6.51. The molecule has 0 aromatic rings. The smallest absolute Gasteiger partial charge is 0.309 e. The van der Waals surface area contributed by atoms with Gasteiger partial charge < -0.3 is 5.11 Å². The molecule has 2 atom stereocenters. The number of carbonyl (C=O) groups is 1. The normalized spacial score (nSPS) is 32.7. The third-order valence-electron chi connectivity index (χ3n) is 5.56. The van der Waals surface area contributed by atoms with Gasteiger partial charge in [0.25, 0.3) is 0 Å². The lowest BCUT2D eigenvalue weighted by atomic mass is 9.62. The van der Waals surface area contributed by atoms with Crippen molar-refractivity contribution in [1.29, 1.82) is 0 Å². The number of carboxylic acid groups (broad SMARTS) is 1. The molecule has 0 heterocycles. The van der Waals surface area contributed by atoms with Gasteiger partial charge in [0, 0.05) is 0 Å². The molecule has 18 heavy (non-hydrogen) atoms. The standard InChI is InChI=1S/C16H28O2/c1-2-13-8-7-9-14(12-13)16(15(17)18)10-5-3-4-6-11-16/h13-14H,2-12H2,1H3,(H,17,18). The molecule has 2 rings (SSSR count). The van der Waals surface area contributed by atoms with Crippen molar-refractivity contribution < 1.29 is 9.90 Å². The van der Waals surface area contributed by atoms with Gasteiger partial charge in [0.05, 0.1) is 5.41 Å². The topological polar surface area (TPSA) is 37.3 Å². The lowest BCUT2D eigenvalue weighted by Gasteiger charge is -2.41. The Morgan fingerprint density at radius 2 is 1.78 bits per heavy atom. The Bertz CT molecular complexity index is 277. The molecular weight excluding hydrogens is 224 g/mol. The first-order valence-corrected chi connectivity index (χ1v) is 7.92. The highest BCUT2D eigenvalue weighted by Crippen LogP contribution is 2.49. The van der Waals surface area contributed by atoms with Gasteiger partial charge in [-0.25, -0.2) is 0 Å². The summed E-state index contributed by atoms with van der Waals surface area (Å²) in [6.07, 6.45) is 12.7. The van der Waals surface area contributed by atoms with E-state index in [2.05, 4.69) is 6.92 Å². The second-order valence-electron chi connectivity index (χ2n) is 6.51. The number of carboxylic acids is 1. The zero-order valence-corrected chi connectivity index (χ0v) is 11.8. The first-order chi connectivity index (χ1) is 8.69. The predicted molar refractivity (Wildman–Crippen MR) is 73.5 cm³/mol. The van der Waals surface area contributed by atoms with Crippen LogP contribution in [-0.2, 0) is 4.79 Å². The van der Waals surface area contributed by atoms with E-state index in [1.807, 2.05) is 0 Å². The van der Waals surface area contributed by atoms with Crippen molar-refractivity contribution >= 4 is 5.97 Å². The molecule has 2 unspecified atom stereocenters. The molecular formula is C16H28O2. The van der Waals surface area contributed by atoms with Crippen molar-refractivity contribution in [2.45, 2.75) is 77.6 Å². The quantitative estimate of drug-likeness (QED) is 0.744. The molecule has 2 heteroatoms. The summed E-state index contributed by atoms with van der Waals surface area (Å²) in [5.74, 6) is 0.737. The van der Waals surface area contributed by atoms with Gasteiger partial charge in [-0.15, -0.1) is 0 Å². The van der Waals surface area contributed by atoms with Gasteiger partial charge >= 0.3 is 5.97 Å². The second kappa shape index (κ2) is 6.08. The average Bonchev–Trinajstić information content (AvgIpc) is 2.65. The van der Waals surface area contributed by atoms with E-state index in [1.54, 1.807) is 0 Å². The van der Waals surface area contributed by atoms with Crippen LogP contribution in [0.5, 0.6) is 0 Å². The van der Waals surface area contributed by atoms with Crippen molar-refractivity contribution in [2.24, 2.45) is 17.3 Å². The van der Waals surface area contributed by atoms with Crippen LogP contribution in [-0.4, -0.2) is 11.1 Å². The van der Waals surface area contributed by atoms with E-state index in [1.165, 1.54) is 38.5 Å². The molecule has 0 aromatic heterocycles. The van der Waals surface area contributed by atoms with Crippen LogP contribution in [0.25, 0.3) is 0 Å². The minimum atomic E-state index is -0.494. The highest BCUT2D eigenvalue weighted by atomic mass is 16.4. The first kappa shape index (κ1) is 13.9. The number of hydrogen-bond donors (Lipinski definition) is 1. The summed E-state index contributed by atoms with van der Waals surface area (Å²) in [4.78, 5) is 11.9. The van der Waals surface area contributed by atoms with Crippen LogP contribution >= 0.6 is 0 Å². The van der Waals surface area contributed by atoms with E-state index in [0.29, 0.717) is 5.92 Å². The Kier molecular flexibility index (Phi) is 4.69. The molecule has 0 bridgehead atoms. The van der Waals surface area contributed by atoms with Crippen molar-refractivity contribution in [1.82, 2.24) is 0 Å². The summed E-state index contributed by atoms with van der Waals surface area (Å²) in [5.41, 5.74) is -0.371. The third-order valence-corrected chi connectivity index (χ3v) is 5.56. The number of rotatable bonds is 3. The molecule has 2 aliphatic carbocycles. The Morgan fingerprint density at radius 3 is 2.33 bits per heavy atom. The fourth-order valence-electron chi connectivity index (χ4n) is 4.32. The largest absolute Gasteiger partial charge is 0.481 e. The average molecular weight is 252 g/mol. The molecule has 0 aromatic carbocycles. The number of hydrogen-bond acceptors (Lipinski definition) is 1. The highest BCUT2D eigenvalue weighted by molar-refractivity contribution is 5.75. The van der Waals surface area contributed by atoms with Gasteiger partial charge in [0.2, 0.25) is 0 Å². The zero-order valence-electron chi connectivity index (χ0n) is 11.8. The van der Waals surface area contributed by atoms with E-state index in [9.17, 15) is 9.90 Å². The van der Waals surface area contributed by atoms with Crippen molar-refractivity contribution in [2.75, 3.05) is 0 Å². The lowest BCUT2D eigenvalue weighted by Crippen LogP contribution is -2.40. The molecule has 0 amide bonds. The molecule has 2 aliphatic rings. The van der Waals surface area contributed by atoms with Crippen LogP contribution in [0.4, 0.5) is 0 Å².